The first-order valence-corrected chi connectivity index (χ1v) is 8.06. The monoisotopic (exact) mass is 289 g/mol. The standard InChI is InChI=1S/C13H27N3O2S/c1-11(17)13(2,3)16-12(18)15-9-8-14-7-5-6-10-19-4/h14H,5-10H2,1-4H3,(H2,15,16,18). The minimum atomic E-state index is -0.810. The summed E-state index contributed by atoms with van der Waals surface area (Å²) in [5, 5.41) is 8.64. The largest absolute Gasteiger partial charge is 0.337 e. The van der Waals surface area contributed by atoms with Gasteiger partial charge in [0.25, 0.3) is 0 Å². The number of carbonyl (C=O) groups is 2. The summed E-state index contributed by atoms with van der Waals surface area (Å²) in [4.78, 5) is 22.8. The van der Waals surface area contributed by atoms with Crippen LogP contribution in [0.4, 0.5) is 4.79 Å². The minimum Gasteiger partial charge on any atom is -0.337 e. The first kappa shape index (κ1) is 18.2. The van der Waals surface area contributed by atoms with Crippen LogP contribution in [0.3, 0.4) is 0 Å². The number of urea groups is 1. The lowest BCUT2D eigenvalue weighted by Gasteiger charge is -2.23. The van der Waals surface area contributed by atoms with Crippen LogP contribution >= 0.6 is 11.8 Å². The smallest absolute Gasteiger partial charge is 0.315 e. The van der Waals surface area contributed by atoms with Crippen molar-refractivity contribution in [2.24, 2.45) is 0 Å². The van der Waals surface area contributed by atoms with Gasteiger partial charge in [0.05, 0.1) is 5.54 Å². The van der Waals surface area contributed by atoms with Gasteiger partial charge in [-0.3, -0.25) is 4.79 Å². The van der Waals surface area contributed by atoms with Crippen molar-refractivity contribution in [1.29, 1.82) is 0 Å². The normalized spacial score (nSPS) is 11.2. The van der Waals surface area contributed by atoms with Crippen molar-refractivity contribution in [2.45, 2.75) is 39.2 Å². The number of nitrogens with one attached hydrogen (secondary N) is 3. The number of hydrogen-bond acceptors (Lipinski definition) is 4. The number of carbonyl (C=O) groups excluding carboxylic acids is 2. The van der Waals surface area contributed by atoms with Gasteiger partial charge in [-0.25, -0.2) is 4.79 Å². The van der Waals surface area contributed by atoms with Crippen LogP contribution in [0.1, 0.15) is 33.6 Å². The number of amides is 2. The molecule has 0 radical (unpaired) electrons. The average Bonchev–Trinajstić information content (AvgIpc) is 2.31. The number of ketones is 1. The molecule has 0 rings (SSSR count). The van der Waals surface area contributed by atoms with Gasteiger partial charge in [-0.2, -0.15) is 11.8 Å². The quantitative estimate of drug-likeness (QED) is 0.532. The molecule has 0 unspecified atom stereocenters. The lowest BCUT2D eigenvalue weighted by molar-refractivity contribution is -0.121. The molecule has 0 heterocycles. The highest BCUT2D eigenvalue weighted by atomic mass is 32.2. The second-order valence-corrected chi connectivity index (χ2v) is 6.00. The summed E-state index contributed by atoms with van der Waals surface area (Å²) in [7, 11) is 0. The van der Waals surface area contributed by atoms with Gasteiger partial charge in [0, 0.05) is 13.1 Å². The van der Waals surface area contributed by atoms with Crippen LogP contribution in [0.5, 0.6) is 0 Å². The molecule has 19 heavy (non-hydrogen) atoms. The average molecular weight is 289 g/mol. The van der Waals surface area contributed by atoms with Gasteiger partial charge in [0.1, 0.15) is 0 Å². The molecule has 0 bridgehead atoms. The lowest BCUT2D eigenvalue weighted by Crippen LogP contribution is -2.53. The Labute approximate surface area is 120 Å². The summed E-state index contributed by atoms with van der Waals surface area (Å²) in [5.74, 6) is 1.14. The summed E-state index contributed by atoms with van der Waals surface area (Å²) < 4.78 is 0. The van der Waals surface area contributed by atoms with Crippen molar-refractivity contribution in [2.75, 3.05) is 31.6 Å². The Hall–Kier alpha value is -0.750. The predicted molar refractivity (Wildman–Crippen MR) is 81.8 cm³/mol. The van der Waals surface area contributed by atoms with Crippen LogP contribution in [0.15, 0.2) is 0 Å². The fraction of sp³-hybridized carbons (Fsp3) is 0.846. The molecular formula is C13H27N3O2S. The molecule has 0 saturated carbocycles. The first-order valence-electron chi connectivity index (χ1n) is 6.67. The molecule has 112 valence electrons. The molecule has 0 fully saturated rings. The van der Waals surface area contributed by atoms with E-state index in [1.54, 1.807) is 13.8 Å². The summed E-state index contributed by atoms with van der Waals surface area (Å²) >= 11 is 1.86. The van der Waals surface area contributed by atoms with Crippen molar-refractivity contribution < 1.29 is 9.59 Å². The fourth-order valence-electron chi connectivity index (χ4n) is 1.30. The van der Waals surface area contributed by atoms with E-state index in [-0.39, 0.29) is 11.8 Å². The lowest BCUT2D eigenvalue weighted by atomic mass is 10.0. The minimum absolute atomic E-state index is 0.0606. The molecular weight excluding hydrogens is 262 g/mol. The molecule has 0 aliphatic carbocycles. The predicted octanol–water partition coefficient (Wildman–Crippen LogP) is 1.39. The van der Waals surface area contributed by atoms with Crippen molar-refractivity contribution in [3.05, 3.63) is 0 Å². The van der Waals surface area contributed by atoms with E-state index in [4.69, 9.17) is 0 Å². The number of hydrogen-bond donors (Lipinski definition) is 3. The van der Waals surface area contributed by atoms with Gasteiger partial charge in [-0.1, -0.05) is 0 Å². The summed E-state index contributed by atoms with van der Waals surface area (Å²) in [6, 6.07) is -0.301. The third-order valence-electron chi connectivity index (χ3n) is 2.85. The van der Waals surface area contributed by atoms with E-state index >= 15 is 0 Å². The fourth-order valence-corrected chi connectivity index (χ4v) is 1.79. The molecule has 0 aromatic rings. The zero-order valence-electron chi connectivity index (χ0n) is 12.5. The Balaban J connectivity index is 3.52. The van der Waals surface area contributed by atoms with E-state index in [1.807, 2.05) is 11.8 Å². The van der Waals surface area contributed by atoms with E-state index in [9.17, 15) is 9.59 Å². The van der Waals surface area contributed by atoms with Gasteiger partial charge >= 0.3 is 6.03 Å². The van der Waals surface area contributed by atoms with Crippen LogP contribution < -0.4 is 16.0 Å². The molecule has 0 aliphatic heterocycles. The molecule has 6 heteroatoms. The maximum atomic E-state index is 11.5. The number of unbranched alkanes of at least 4 members (excludes halogenated alkanes) is 1. The van der Waals surface area contributed by atoms with Crippen molar-refractivity contribution in [3.63, 3.8) is 0 Å². The highest BCUT2D eigenvalue weighted by Gasteiger charge is 2.25. The van der Waals surface area contributed by atoms with Crippen LogP contribution in [0.2, 0.25) is 0 Å². The number of Topliss-reactive ketones (excluding diaryl/α,β-unsaturated/α-hetero) is 1. The van der Waals surface area contributed by atoms with Gasteiger partial charge in [-0.05, 0) is 52.2 Å². The highest BCUT2D eigenvalue weighted by molar-refractivity contribution is 7.98. The van der Waals surface area contributed by atoms with E-state index in [1.165, 1.54) is 19.1 Å². The Morgan fingerprint density at radius 1 is 1.11 bits per heavy atom. The molecule has 5 nitrogen and oxygen atoms in total. The highest BCUT2D eigenvalue weighted by Crippen LogP contribution is 2.02. The van der Waals surface area contributed by atoms with Gasteiger partial charge in [0.15, 0.2) is 5.78 Å². The van der Waals surface area contributed by atoms with Gasteiger partial charge in [-0.15, -0.1) is 0 Å². The Morgan fingerprint density at radius 3 is 2.37 bits per heavy atom. The van der Waals surface area contributed by atoms with E-state index in [2.05, 4.69) is 22.2 Å². The maximum absolute atomic E-state index is 11.5. The third-order valence-corrected chi connectivity index (χ3v) is 3.54. The number of rotatable bonds is 10. The zero-order valence-corrected chi connectivity index (χ0v) is 13.3. The molecule has 3 N–H and O–H groups in total. The van der Waals surface area contributed by atoms with Gasteiger partial charge in [0.2, 0.25) is 0 Å². The van der Waals surface area contributed by atoms with Crippen LogP contribution in [-0.2, 0) is 4.79 Å². The molecule has 0 aromatic heterocycles. The number of thioether (sulfide) groups is 1. The maximum Gasteiger partial charge on any atom is 0.315 e. The van der Waals surface area contributed by atoms with Gasteiger partial charge < -0.3 is 16.0 Å². The SMILES string of the molecule is CSCCCCNCCNC(=O)NC(C)(C)C(C)=O. The Bertz CT molecular complexity index is 283. The van der Waals surface area contributed by atoms with Crippen LogP contribution in [0.25, 0.3) is 0 Å². The molecule has 0 aliphatic rings. The molecule has 0 atom stereocenters. The molecule has 0 aromatic carbocycles. The van der Waals surface area contributed by atoms with Crippen molar-refractivity contribution in [3.8, 4) is 0 Å². The Kier molecular flexibility index (Phi) is 9.69. The van der Waals surface area contributed by atoms with E-state index in [0.29, 0.717) is 6.54 Å². The summed E-state index contributed by atoms with van der Waals surface area (Å²) in [6.45, 7) is 7.13. The molecule has 0 spiro atoms. The van der Waals surface area contributed by atoms with E-state index < -0.39 is 5.54 Å². The zero-order chi connectivity index (χ0) is 14.7. The summed E-state index contributed by atoms with van der Waals surface area (Å²) in [6.07, 6.45) is 4.48. The van der Waals surface area contributed by atoms with Crippen LogP contribution in [0, 0.1) is 0 Å². The second-order valence-electron chi connectivity index (χ2n) is 5.01. The molecule has 2 amide bonds. The first-order chi connectivity index (χ1) is 8.90. The second kappa shape index (κ2) is 10.1. The third kappa shape index (κ3) is 9.78. The van der Waals surface area contributed by atoms with Crippen molar-refractivity contribution >= 4 is 23.6 Å². The Morgan fingerprint density at radius 2 is 1.79 bits per heavy atom. The van der Waals surface area contributed by atoms with E-state index in [0.717, 1.165) is 19.5 Å². The molecule has 0 saturated heterocycles. The topological polar surface area (TPSA) is 70.2 Å². The van der Waals surface area contributed by atoms with Crippen molar-refractivity contribution in [1.82, 2.24) is 16.0 Å². The summed E-state index contributed by atoms with van der Waals surface area (Å²) in [5.41, 5.74) is -0.810. The van der Waals surface area contributed by atoms with Crippen LogP contribution in [-0.4, -0.2) is 49.0 Å².